The highest BCUT2D eigenvalue weighted by molar-refractivity contribution is 5.92. The number of carbonyl (C=O) groups is 1. The van der Waals surface area contributed by atoms with Crippen LogP contribution >= 0.6 is 0 Å². The number of furan rings is 1. The molecule has 2 saturated carbocycles. The molecule has 178 valence electrons. The number of hydrogen-bond acceptors (Lipinski definition) is 6. The van der Waals surface area contributed by atoms with E-state index >= 15 is 0 Å². The van der Waals surface area contributed by atoms with E-state index < -0.39 is 17.1 Å². The Morgan fingerprint density at radius 1 is 1.24 bits per heavy atom. The molecule has 5 aliphatic rings. The van der Waals surface area contributed by atoms with Crippen molar-refractivity contribution in [2.75, 3.05) is 13.1 Å². The van der Waals surface area contributed by atoms with Crippen LogP contribution in [-0.2, 0) is 16.6 Å². The zero-order chi connectivity index (χ0) is 23.1. The second kappa shape index (κ2) is 7.12. The maximum Gasteiger partial charge on any atom is 0.244 e. The Labute approximate surface area is 198 Å². The Morgan fingerprint density at radius 2 is 2.12 bits per heavy atom. The molecule has 34 heavy (non-hydrogen) atoms. The van der Waals surface area contributed by atoms with Crippen molar-refractivity contribution in [2.24, 2.45) is 5.92 Å². The lowest BCUT2D eigenvalue weighted by molar-refractivity contribution is -0.192. The first-order valence-electron chi connectivity index (χ1n) is 12.5. The van der Waals surface area contributed by atoms with Crippen molar-refractivity contribution in [3.8, 4) is 11.5 Å². The predicted molar refractivity (Wildman–Crippen MR) is 124 cm³/mol. The third kappa shape index (κ3) is 2.74. The summed E-state index contributed by atoms with van der Waals surface area (Å²) in [6.07, 6.45) is 11.3. The quantitative estimate of drug-likeness (QED) is 0.592. The zero-order valence-electron chi connectivity index (χ0n) is 19.1. The summed E-state index contributed by atoms with van der Waals surface area (Å²) in [5.74, 6) is 1.18. The van der Waals surface area contributed by atoms with E-state index in [-0.39, 0.29) is 23.7 Å². The predicted octanol–water partition coefficient (Wildman–Crippen LogP) is 2.75. The van der Waals surface area contributed by atoms with Crippen LogP contribution in [0, 0.1) is 5.92 Å². The summed E-state index contributed by atoms with van der Waals surface area (Å²) in [6.45, 7) is 1.95. The lowest BCUT2D eigenvalue weighted by Gasteiger charge is -2.64. The molecule has 2 aliphatic heterocycles. The minimum absolute atomic E-state index is 0.0357. The molecule has 1 aromatic heterocycles. The van der Waals surface area contributed by atoms with E-state index in [0.717, 1.165) is 48.5 Å². The topological polar surface area (TPSA) is 95.2 Å². The van der Waals surface area contributed by atoms with Gasteiger partial charge in [-0.25, -0.2) is 0 Å². The van der Waals surface area contributed by atoms with Gasteiger partial charge in [-0.15, -0.1) is 0 Å². The van der Waals surface area contributed by atoms with Crippen LogP contribution in [0.5, 0.6) is 11.5 Å². The highest BCUT2D eigenvalue weighted by Gasteiger charge is 2.73. The van der Waals surface area contributed by atoms with Crippen LogP contribution < -0.4 is 10.1 Å². The Bertz CT molecular complexity index is 1170. The maximum atomic E-state index is 12.8. The number of benzene rings is 1. The Hall–Kier alpha value is -2.77. The molecule has 1 aromatic carbocycles. The van der Waals surface area contributed by atoms with Crippen molar-refractivity contribution in [2.45, 2.75) is 67.7 Å². The normalized spacial score (nSPS) is 35.7. The Morgan fingerprint density at radius 3 is 2.91 bits per heavy atom. The summed E-state index contributed by atoms with van der Waals surface area (Å²) in [7, 11) is 0. The minimum atomic E-state index is -0.940. The number of phenolic OH excluding ortho intramolecular Hbond substituents is 1. The van der Waals surface area contributed by atoms with Gasteiger partial charge in [-0.2, -0.15) is 0 Å². The largest absolute Gasteiger partial charge is 0.504 e. The summed E-state index contributed by atoms with van der Waals surface area (Å²) in [6, 6.07) is 5.30. The molecule has 2 bridgehead atoms. The fourth-order valence-electron chi connectivity index (χ4n) is 7.40. The Balaban J connectivity index is 1.25. The monoisotopic (exact) mass is 462 g/mol. The number of ether oxygens (including phenoxy) is 1. The van der Waals surface area contributed by atoms with Gasteiger partial charge in [0.05, 0.1) is 29.6 Å². The molecule has 7 rings (SSSR count). The summed E-state index contributed by atoms with van der Waals surface area (Å²) < 4.78 is 11.5. The highest BCUT2D eigenvalue weighted by atomic mass is 16.5. The van der Waals surface area contributed by atoms with E-state index in [1.54, 1.807) is 30.7 Å². The molecule has 0 unspecified atom stereocenters. The molecule has 2 aromatic rings. The van der Waals surface area contributed by atoms with Crippen LogP contribution in [0.3, 0.4) is 0 Å². The second-order valence-corrected chi connectivity index (χ2v) is 10.8. The van der Waals surface area contributed by atoms with Crippen molar-refractivity contribution in [1.29, 1.82) is 0 Å². The van der Waals surface area contributed by atoms with Gasteiger partial charge in [-0.05, 0) is 74.8 Å². The molecule has 1 saturated heterocycles. The number of piperidine rings is 1. The molecular formula is C27H30N2O5. The molecule has 3 heterocycles. The third-order valence-electron chi connectivity index (χ3n) is 9.06. The first-order chi connectivity index (χ1) is 16.5. The molecule has 0 radical (unpaired) electrons. The fraction of sp³-hybridized carbons (Fsp3) is 0.519. The molecule has 5 atom stereocenters. The van der Waals surface area contributed by atoms with Gasteiger partial charge in [0.25, 0.3) is 0 Å². The van der Waals surface area contributed by atoms with E-state index in [1.807, 2.05) is 6.07 Å². The van der Waals surface area contributed by atoms with Crippen molar-refractivity contribution in [3.63, 3.8) is 0 Å². The summed E-state index contributed by atoms with van der Waals surface area (Å²) in [4.78, 5) is 15.3. The van der Waals surface area contributed by atoms with Crippen molar-refractivity contribution < 1.29 is 24.2 Å². The second-order valence-electron chi connectivity index (χ2n) is 10.8. The van der Waals surface area contributed by atoms with Crippen LogP contribution in [0.1, 0.15) is 48.8 Å². The van der Waals surface area contributed by atoms with Crippen molar-refractivity contribution >= 4 is 12.0 Å². The smallest absolute Gasteiger partial charge is 0.244 e. The number of likely N-dealkylation sites (tertiary alicyclic amines) is 1. The van der Waals surface area contributed by atoms with Crippen LogP contribution in [0.25, 0.3) is 6.08 Å². The fourth-order valence-corrected chi connectivity index (χ4v) is 7.40. The van der Waals surface area contributed by atoms with Crippen LogP contribution in [-0.4, -0.2) is 57.9 Å². The molecule has 3 fully saturated rings. The number of amides is 1. The lowest BCUT2D eigenvalue weighted by Crippen LogP contribution is -2.78. The van der Waals surface area contributed by atoms with Crippen molar-refractivity contribution in [3.05, 3.63) is 53.5 Å². The van der Waals surface area contributed by atoms with Gasteiger partial charge in [0.15, 0.2) is 11.5 Å². The number of aromatic hydroxyl groups is 1. The molecule has 1 spiro atoms. The summed E-state index contributed by atoms with van der Waals surface area (Å²) in [5.41, 5.74) is 1.41. The average Bonchev–Trinajstić information content (AvgIpc) is 3.33. The molecule has 3 N–H and O–H groups in total. The summed E-state index contributed by atoms with van der Waals surface area (Å²) >= 11 is 0. The number of phenols is 1. The molecular weight excluding hydrogens is 432 g/mol. The number of rotatable bonds is 5. The number of nitrogens with zero attached hydrogens (tertiary/aromatic N) is 1. The first-order valence-corrected chi connectivity index (χ1v) is 12.5. The first kappa shape index (κ1) is 20.6. The van der Waals surface area contributed by atoms with E-state index in [9.17, 15) is 15.0 Å². The summed E-state index contributed by atoms with van der Waals surface area (Å²) in [5, 5.41) is 26.3. The lowest BCUT2D eigenvalue weighted by atomic mass is 9.48. The van der Waals surface area contributed by atoms with E-state index in [1.165, 1.54) is 18.9 Å². The molecule has 1 amide bonds. The molecule has 3 aliphatic carbocycles. The van der Waals surface area contributed by atoms with E-state index in [0.29, 0.717) is 18.6 Å². The third-order valence-corrected chi connectivity index (χ3v) is 9.06. The van der Waals surface area contributed by atoms with E-state index in [2.05, 4.69) is 10.2 Å². The van der Waals surface area contributed by atoms with Crippen LogP contribution in [0.2, 0.25) is 0 Å². The van der Waals surface area contributed by atoms with Gasteiger partial charge in [0.2, 0.25) is 5.91 Å². The van der Waals surface area contributed by atoms with Gasteiger partial charge < -0.3 is 24.7 Å². The van der Waals surface area contributed by atoms with Crippen LogP contribution in [0.4, 0.5) is 0 Å². The van der Waals surface area contributed by atoms with Gasteiger partial charge in [0.1, 0.15) is 6.10 Å². The Kier molecular flexibility index (Phi) is 4.31. The van der Waals surface area contributed by atoms with Gasteiger partial charge in [0, 0.05) is 29.8 Å². The van der Waals surface area contributed by atoms with Crippen molar-refractivity contribution in [1.82, 2.24) is 10.2 Å². The SMILES string of the molecule is O=C(/C=C/c1ccoc1)N[C@@H]1CC[C@@]2(O)[C@@H]3Cc4ccc(O)c5c4[C@@]2(CCN3CC2CC2)[C@H]1O5. The number of nitrogens with one attached hydrogen (secondary N) is 1. The number of carbonyl (C=O) groups excluding carboxylic acids is 1. The molecule has 7 nitrogen and oxygen atoms in total. The van der Waals surface area contributed by atoms with Gasteiger partial charge in [-0.1, -0.05) is 6.07 Å². The zero-order valence-corrected chi connectivity index (χ0v) is 19.1. The van der Waals surface area contributed by atoms with E-state index in [4.69, 9.17) is 9.15 Å². The van der Waals surface area contributed by atoms with Gasteiger partial charge in [-0.3, -0.25) is 9.69 Å². The average molecular weight is 463 g/mol. The van der Waals surface area contributed by atoms with Gasteiger partial charge >= 0.3 is 0 Å². The minimum Gasteiger partial charge on any atom is -0.504 e. The molecule has 7 heteroatoms. The van der Waals surface area contributed by atoms with Crippen LogP contribution in [0.15, 0.2) is 41.2 Å². The maximum absolute atomic E-state index is 12.8. The number of aliphatic hydroxyl groups is 1. The highest BCUT2D eigenvalue weighted by Crippen LogP contribution is 2.65. The standard InChI is InChI=1S/C27H30N2O5/c30-20-5-4-18-13-21-27(32)9-7-19(28-22(31)6-3-17-8-12-33-15-17)25-26(27,23(18)24(20)34-25)10-11-29(21)14-16-1-2-16/h3-6,8,12,15-16,19,21,25,30,32H,1-2,7,9-11,13-14H2,(H,28,31)/b6-3+/t19-,21+,25+,26+,27-/m1/s1. The number of hydrogen-bond donors (Lipinski definition) is 3.